The zero-order valence-electron chi connectivity index (χ0n) is 15.1. The maximum absolute atomic E-state index is 6.34. The Kier molecular flexibility index (Phi) is 5.09. The van der Waals surface area contributed by atoms with Gasteiger partial charge in [-0.3, -0.25) is 4.98 Å². The number of aryl methyl sites for hydroxylation is 1. The fourth-order valence-electron chi connectivity index (χ4n) is 3.00. The van der Waals surface area contributed by atoms with E-state index in [-0.39, 0.29) is 6.04 Å². The first-order valence-electron chi connectivity index (χ1n) is 8.90. The summed E-state index contributed by atoms with van der Waals surface area (Å²) in [5.41, 5.74) is 10.7. The van der Waals surface area contributed by atoms with Crippen molar-refractivity contribution >= 4 is 27.4 Å². The van der Waals surface area contributed by atoms with Gasteiger partial charge in [0.1, 0.15) is 5.82 Å². The number of pyridine rings is 1. The SMILES string of the molecule is Cc1csc2c(NCC(N)Cc3ccccc3)nc(-c3ccncc3)nc12. The van der Waals surface area contributed by atoms with Crippen molar-refractivity contribution in [2.45, 2.75) is 19.4 Å². The van der Waals surface area contributed by atoms with Gasteiger partial charge in [-0.15, -0.1) is 11.3 Å². The fraction of sp³-hybridized carbons (Fsp3) is 0.190. The van der Waals surface area contributed by atoms with Crippen molar-refractivity contribution in [2.24, 2.45) is 5.73 Å². The van der Waals surface area contributed by atoms with Crippen LogP contribution in [-0.4, -0.2) is 27.5 Å². The van der Waals surface area contributed by atoms with Crippen molar-refractivity contribution in [1.29, 1.82) is 0 Å². The maximum Gasteiger partial charge on any atom is 0.162 e. The Balaban J connectivity index is 1.59. The van der Waals surface area contributed by atoms with Crippen LogP contribution in [0.15, 0.2) is 60.2 Å². The summed E-state index contributed by atoms with van der Waals surface area (Å²) in [5, 5.41) is 5.57. The summed E-state index contributed by atoms with van der Waals surface area (Å²) in [7, 11) is 0. The highest BCUT2D eigenvalue weighted by molar-refractivity contribution is 7.18. The summed E-state index contributed by atoms with van der Waals surface area (Å²) >= 11 is 1.66. The number of anilines is 1. The molecular formula is C21H21N5S. The number of nitrogens with one attached hydrogen (secondary N) is 1. The first-order chi connectivity index (χ1) is 13.2. The van der Waals surface area contributed by atoms with Crippen molar-refractivity contribution in [3.05, 3.63) is 71.4 Å². The number of nitrogens with zero attached hydrogens (tertiary/aromatic N) is 3. The number of fused-ring (bicyclic) bond motifs is 1. The maximum atomic E-state index is 6.34. The lowest BCUT2D eigenvalue weighted by Gasteiger charge is -2.14. The molecule has 0 amide bonds. The van der Waals surface area contributed by atoms with Gasteiger partial charge in [0.05, 0.1) is 10.2 Å². The fourth-order valence-corrected chi connectivity index (χ4v) is 3.95. The van der Waals surface area contributed by atoms with Crippen LogP contribution >= 0.6 is 11.3 Å². The second-order valence-electron chi connectivity index (χ2n) is 6.56. The minimum absolute atomic E-state index is 0.00264. The van der Waals surface area contributed by atoms with Crippen LogP contribution in [0.4, 0.5) is 5.82 Å². The minimum atomic E-state index is 0.00264. The summed E-state index contributed by atoms with van der Waals surface area (Å²) < 4.78 is 1.07. The molecule has 0 aliphatic rings. The molecular weight excluding hydrogens is 354 g/mol. The predicted octanol–water partition coefficient (Wildman–Crippen LogP) is 4.04. The summed E-state index contributed by atoms with van der Waals surface area (Å²) in [6, 6.07) is 14.2. The zero-order chi connectivity index (χ0) is 18.6. The minimum Gasteiger partial charge on any atom is -0.367 e. The molecule has 27 heavy (non-hydrogen) atoms. The Morgan fingerprint density at radius 2 is 1.85 bits per heavy atom. The number of nitrogens with two attached hydrogens (primary N) is 1. The van der Waals surface area contributed by atoms with Gasteiger partial charge in [-0.2, -0.15) is 0 Å². The molecule has 0 bridgehead atoms. The van der Waals surface area contributed by atoms with Crippen LogP contribution < -0.4 is 11.1 Å². The second-order valence-corrected chi connectivity index (χ2v) is 7.44. The van der Waals surface area contributed by atoms with Gasteiger partial charge in [0.25, 0.3) is 0 Å². The van der Waals surface area contributed by atoms with E-state index in [0.29, 0.717) is 12.4 Å². The number of benzene rings is 1. The van der Waals surface area contributed by atoms with Crippen LogP contribution in [0.25, 0.3) is 21.6 Å². The topological polar surface area (TPSA) is 76.7 Å². The molecule has 3 aromatic heterocycles. The number of rotatable bonds is 6. The van der Waals surface area contributed by atoms with Gasteiger partial charge < -0.3 is 11.1 Å². The van der Waals surface area contributed by atoms with Crippen LogP contribution in [0.1, 0.15) is 11.1 Å². The molecule has 4 aromatic rings. The molecule has 0 saturated carbocycles. The molecule has 1 atom stereocenters. The van der Waals surface area contributed by atoms with E-state index in [0.717, 1.165) is 33.6 Å². The summed E-state index contributed by atoms with van der Waals surface area (Å²) in [6.07, 6.45) is 4.33. The molecule has 136 valence electrons. The van der Waals surface area contributed by atoms with Gasteiger partial charge in [-0.1, -0.05) is 30.3 Å². The third kappa shape index (κ3) is 3.97. The van der Waals surface area contributed by atoms with Crippen LogP contribution in [0.3, 0.4) is 0 Å². The van der Waals surface area contributed by atoms with Gasteiger partial charge >= 0.3 is 0 Å². The molecule has 0 aliphatic heterocycles. The molecule has 5 nitrogen and oxygen atoms in total. The second kappa shape index (κ2) is 7.82. The number of hydrogen-bond acceptors (Lipinski definition) is 6. The molecule has 0 aliphatic carbocycles. The van der Waals surface area contributed by atoms with E-state index in [1.807, 2.05) is 30.3 Å². The average Bonchev–Trinajstić information content (AvgIpc) is 3.08. The van der Waals surface area contributed by atoms with Gasteiger partial charge in [0.2, 0.25) is 0 Å². The molecule has 0 spiro atoms. The normalized spacial score (nSPS) is 12.2. The molecule has 4 rings (SSSR count). The third-order valence-electron chi connectivity index (χ3n) is 4.40. The first kappa shape index (κ1) is 17.6. The van der Waals surface area contributed by atoms with Crippen LogP contribution in [-0.2, 0) is 6.42 Å². The molecule has 3 N–H and O–H groups in total. The Morgan fingerprint density at radius 1 is 1.07 bits per heavy atom. The molecule has 1 unspecified atom stereocenters. The highest BCUT2D eigenvalue weighted by Gasteiger charge is 2.14. The Morgan fingerprint density at radius 3 is 2.63 bits per heavy atom. The van der Waals surface area contributed by atoms with E-state index in [1.165, 1.54) is 5.56 Å². The monoisotopic (exact) mass is 375 g/mol. The lowest BCUT2D eigenvalue weighted by molar-refractivity contribution is 0.698. The largest absolute Gasteiger partial charge is 0.367 e. The van der Waals surface area contributed by atoms with E-state index in [1.54, 1.807) is 23.7 Å². The highest BCUT2D eigenvalue weighted by atomic mass is 32.1. The van der Waals surface area contributed by atoms with Gasteiger partial charge in [0.15, 0.2) is 5.82 Å². The quantitative estimate of drug-likeness (QED) is 0.532. The van der Waals surface area contributed by atoms with Crippen molar-refractivity contribution in [3.63, 3.8) is 0 Å². The number of hydrogen-bond donors (Lipinski definition) is 2. The summed E-state index contributed by atoms with van der Waals surface area (Å²) in [5.74, 6) is 1.54. The molecule has 1 aromatic carbocycles. The molecule has 0 fully saturated rings. The number of thiophene rings is 1. The van der Waals surface area contributed by atoms with Crippen molar-refractivity contribution in [1.82, 2.24) is 15.0 Å². The third-order valence-corrected chi connectivity index (χ3v) is 5.50. The van der Waals surface area contributed by atoms with Crippen LogP contribution in [0.2, 0.25) is 0 Å². The molecule has 0 saturated heterocycles. The van der Waals surface area contributed by atoms with Crippen molar-refractivity contribution < 1.29 is 0 Å². The predicted molar refractivity (Wildman–Crippen MR) is 112 cm³/mol. The van der Waals surface area contributed by atoms with E-state index < -0.39 is 0 Å². The van der Waals surface area contributed by atoms with Crippen molar-refractivity contribution in [2.75, 3.05) is 11.9 Å². The molecule has 0 radical (unpaired) electrons. The highest BCUT2D eigenvalue weighted by Crippen LogP contribution is 2.31. The number of aromatic nitrogens is 3. The summed E-state index contributed by atoms with van der Waals surface area (Å²) in [4.78, 5) is 13.6. The van der Waals surface area contributed by atoms with E-state index in [4.69, 9.17) is 15.7 Å². The van der Waals surface area contributed by atoms with Gasteiger partial charge in [-0.25, -0.2) is 9.97 Å². The Bertz CT molecular complexity index is 1030. The molecule has 3 heterocycles. The van der Waals surface area contributed by atoms with E-state index >= 15 is 0 Å². The average molecular weight is 376 g/mol. The standard InChI is InChI=1S/C21H21N5S/c1-14-13-27-19-18(14)25-20(16-7-9-23-10-8-16)26-21(19)24-12-17(22)11-15-5-3-2-4-6-15/h2-10,13,17H,11-12,22H2,1H3,(H,24,25,26). The van der Waals surface area contributed by atoms with Crippen LogP contribution in [0, 0.1) is 6.92 Å². The van der Waals surface area contributed by atoms with Crippen molar-refractivity contribution in [3.8, 4) is 11.4 Å². The Labute approximate surface area is 162 Å². The van der Waals surface area contributed by atoms with Crippen LogP contribution in [0.5, 0.6) is 0 Å². The lowest BCUT2D eigenvalue weighted by atomic mass is 10.1. The smallest absolute Gasteiger partial charge is 0.162 e. The van der Waals surface area contributed by atoms with Gasteiger partial charge in [0, 0.05) is 30.5 Å². The first-order valence-corrected chi connectivity index (χ1v) is 9.78. The Hall–Kier alpha value is -2.83. The van der Waals surface area contributed by atoms with E-state index in [9.17, 15) is 0 Å². The summed E-state index contributed by atoms with van der Waals surface area (Å²) in [6.45, 7) is 2.72. The zero-order valence-corrected chi connectivity index (χ0v) is 15.9. The van der Waals surface area contributed by atoms with E-state index in [2.05, 4.69) is 34.7 Å². The lowest BCUT2D eigenvalue weighted by Crippen LogP contribution is -2.31. The van der Waals surface area contributed by atoms with Gasteiger partial charge in [-0.05, 0) is 42.0 Å². The molecule has 6 heteroatoms.